The number of fused-ring (bicyclic) bond motifs is 1. The predicted molar refractivity (Wildman–Crippen MR) is 71.1 cm³/mol. The number of rotatable bonds is 3. The normalized spacial score (nSPS) is 13.7. The summed E-state index contributed by atoms with van der Waals surface area (Å²) in [6.45, 7) is 3.68. The lowest BCUT2D eigenvalue weighted by Gasteiger charge is -2.13. The molecule has 2 rings (SSSR count). The van der Waals surface area contributed by atoms with Crippen molar-refractivity contribution in [2.24, 2.45) is 5.73 Å². The lowest BCUT2D eigenvalue weighted by molar-refractivity contribution is -0.137. The first-order chi connectivity index (χ1) is 9.32. The second kappa shape index (κ2) is 5.36. The molecule has 1 heterocycles. The Morgan fingerprint density at radius 3 is 2.55 bits per heavy atom. The number of halogens is 3. The highest BCUT2D eigenvalue weighted by Gasteiger charge is 2.30. The van der Waals surface area contributed by atoms with E-state index in [1.165, 1.54) is 6.07 Å². The monoisotopic (exact) mass is 283 g/mol. The molecule has 0 saturated carbocycles. The molecule has 0 radical (unpaired) electrons. The van der Waals surface area contributed by atoms with Crippen molar-refractivity contribution in [3.05, 3.63) is 35.3 Å². The molecule has 2 N–H and O–H groups in total. The lowest BCUT2D eigenvalue weighted by atomic mass is 10.1. The van der Waals surface area contributed by atoms with E-state index in [0.717, 1.165) is 25.0 Å². The fraction of sp³-hybridized carbons (Fsp3) is 0.429. The number of nitrogens with zero attached hydrogens (tertiary/aromatic N) is 2. The van der Waals surface area contributed by atoms with Gasteiger partial charge in [0.05, 0.1) is 17.1 Å². The summed E-state index contributed by atoms with van der Waals surface area (Å²) in [6, 6.07) is 3.20. The van der Waals surface area contributed by atoms with Crippen molar-refractivity contribution >= 4 is 10.9 Å². The van der Waals surface area contributed by atoms with Gasteiger partial charge in [-0.2, -0.15) is 13.2 Å². The van der Waals surface area contributed by atoms with E-state index in [4.69, 9.17) is 5.73 Å². The van der Waals surface area contributed by atoms with E-state index in [9.17, 15) is 13.2 Å². The van der Waals surface area contributed by atoms with Crippen LogP contribution in [0.15, 0.2) is 18.2 Å². The largest absolute Gasteiger partial charge is 0.416 e. The Kier molecular flexibility index (Phi) is 3.94. The number of aryl methyl sites for hydroxylation is 1. The molecule has 1 unspecified atom stereocenters. The summed E-state index contributed by atoms with van der Waals surface area (Å²) >= 11 is 0. The summed E-state index contributed by atoms with van der Waals surface area (Å²) in [5.74, 6) is 0.483. The zero-order valence-corrected chi connectivity index (χ0v) is 11.3. The Hall–Kier alpha value is -1.69. The molecule has 6 heteroatoms. The molecule has 0 amide bonds. The van der Waals surface area contributed by atoms with Gasteiger partial charge in [-0.3, -0.25) is 0 Å². The maximum absolute atomic E-state index is 12.7. The van der Waals surface area contributed by atoms with Gasteiger partial charge in [0.25, 0.3) is 0 Å². The van der Waals surface area contributed by atoms with Crippen LogP contribution in [0.5, 0.6) is 0 Å². The van der Waals surface area contributed by atoms with Gasteiger partial charge in [-0.25, -0.2) is 9.97 Å². The molecule has 0 bridgehead atoms. The molecule has 0 saturated heterocycles. The number of nitrogens with two attached hydrogens (primary N) is 1. The highest BCUT2D eigenvalue weighted by Crippen LogP contribution is 2.31. The average Bonchev–Trinajstić information content (AvgIpc) is 2.37. The molecule has 20 heavy (non-hydrogen) atoms. The molecule has 1 atom stereocenters. The van der Waals surface area contributed by atoms with Gasteiger partial charge in [0.1, 0.15) is 5.82 Å². The van der Waals surface area contributed by atoms with Gasteiger partial charge in [0.2, 0.25) is 0 Å². The van der Waals surface area contributed by atoms with Gasteiger partial charge >= 0.3 is 6.18 Å². The Labute approximate surface area is 115 Å². The highest BCUT2D eigenvalue weighted by atomic mass is 19.4. The molecule has 3 nitrogen and oxygen atoms in total. The maximum atomic E-state index is 12.7. The van der Waals surface area contributed by atoms with Crippen LogP contribution in [-0.2, 0) is 6.18 Å². The van der Waals surface area contributed by atoms with Crippen LogP contribution >= 0.6 is 0 Å². The van der Waals surface area contributed by atoms with Crippen molar-refractivity contribution in [3.8, 4) is 0 Å². The summed E-state index contributed by atoms with van der Waals surface area (Å²) in [7, 11) is 0. The van der Waals surface area contributed by atoms with Crippen LogP contribution in [0.25, 0.3) is 10.9 Å². The minimum atomic E-state index is -4.36. The van der Waals surface area contributed by atoms with Gasteiger partial charge in [0.15, 0.2) is 0 Å². The molecule has 0 fully saturated rings. The highest BCUT2D eigenvalue weighted by molar-refractivity contribution is 5.81. The first-order valence-corrected chi connectivity index (χ1v) is 6.44. The fourth-order valence-corrected chi connectivity index (χ4v) is 2.09. The standard InChI is InChI=1S/C14H16F3N3/c1-3-4-11(18)13-19-8(2)10-7-9(14(15,16)17)5-6-12(10)20-13/h5-7,11H,3-4,18H2,1-2H3. The second-order valence-electron chi connectivity index (χ2n) is 4.79. The Morgan fingerprint density at radius 2 is 1.95 bits per heavy atom. The number of aromatic nitrogens is 2. The molecule has 1 aromatic heterocycles. The molecular formula is C14H16F3N3. The third kappa shape index (κ3) is 2.90. The van der Waals surface area contributed by atoms with Gasteiger partial charge < -0.3 is 5.73 Å². The van der Waals surface area contributed by atoms with Crippen LogP contribution in [0.4, 0.5) is 13.2 Å². The van der Waals surface area contributed by atoms with Crippen LogP contribution in [0.2, 0.25) is 0 Å². The number of hydrogen-bond acceptors (Lipinski definition) is 3. The minimum absolute atomic E-state index is 0.287. The molecule has 0 spiro atoms. The Balaban J connectivity index is 2.52. The fourth-order valence-electron chi connectivity index (χ4n) is 2.09. The molecule has 0 aliphatic carbocycles. The molecule has 1 aromatic carbocycles. The first kappa shape index (κ1) is 14.7. The number of benzene rings is 1. The zero-order valence-electron chi connectivity index (χ0n) is 11.3. The predicted octanol–water partition coefficient (Wildman–Crippen LogP) is 3.76. The van der Waals surface area contributed by atoms with Crippen molar-refractivity contribution in [3.63, 3.8) is 0 Å². The third-order valence-electron chi connectivity index (χ3n) is 3.16. The summed E-state index contributed by atoms with van der Waals surface area (Å²) in [5.41, 5.74) is 6.28. The van der Waals surface area contributed by atoms with Crippen molar-refractivity contribution in [1.29, 1.82) is 0 Å². The van der Waals surface area contributed by atoms with Gasteiger partial charge in [-0.1, -0.05) is 13.3 Å². The minimum Gasteiger partial charge on any atom is -0.321 e. The summed E-state index contributed by atoms with van der Waals surface area (Å²) < 4.78 is 38.1. The van der Waals surface area contributed by atoms with E-state index < -0.39 is 11.7 Å². The van der Waals surface area contributed by atoms with Gasteiger partial charge in [-0.05, 0) is 31.5 Å². The summed E-state index contributed by atoms with van der Waals surface area (Å²) in [4.78, 5) is 8.51. The number of hydrogen-bond donors (Lipinski definition) is 1. The second-order valence-corrected chi connectivity index (χ2v) is 4.79. The van der Waals surface area contributed by atoms with E-state index in [1.807, 2.05) is 6.92 Å². The van der Waals surface area contributed by atoms with Crippen molar-refractivity contribution in [1.82, 2.24) is 9.97 Å². The van der Waals surface area contributed by atoms with E-state index in [1.54, 1.807) is 6.92 Å². The van der Waals surface area contributed by atoms with Crippen molar-refractivity contribution in [2.45, 2.75) is 38.9 Å². The lowest BCUT2D eigenvalue weighted by Crippen LogP contribution is -2.14. The molecule has 108 valence electrons. The molecule has 0 aliphatic rings. The maximum Gasteiger partial charge on any atom is 0.416 e. The zero-order chi connectivity index (χ0) is 14.9. The average molecular weight is 283 g/mol. The molecule has 0 aliphatic heterocycles. The molecule has 2 aromatic rings. The topological polar surface area (TPSA) is 51.8 Å². The van der Waals surface area contributed by atoms with Crippen LogP contribution in [0, 0.1) is 6.92 Å². The Morgan fingerprint density at radius 1 is 1.25 bits per heavy atom. The summed E-state index contributed by atoms with van der Waals surface area (Å²) in [6.07, 6.45) is -2.72. The van der Waals surface area contributed by atoms with Crippen molar-refractivity contribution < 1.29 is 13.2 Å². The van der Waals surface area contributed by atoms with Crippen LogP contribution in [-0.4, -0.2) is 9.97 Å². The first-order valence-electron chi connectivity index (χ1n) is 6.44. The third-order valence-corrected chi connectivity index (χ3v) is 3.16. The van der Waals surface area contributed by atoms with E-state index in [0.29, 0.717) is 22.4 Å². The summed E-state index contributed by atoms with van der Waals surface area (Å²) in [5, 5.41) is 0.410. The van der Waals surface area contributed by atoms with E-state index >= 15 is 0 Å². The molecular weight excluding hydrogens is 267 g/mol. The number of alkyl halides is 3. The van der Waals surface area contributed by atoms with E-state index in [-0.39, 0.29) is 6.04 Å². The smallest absolute Gasteiger partial charge is 0.321 e. The van der Waals surface area contributed by atoms with Gasteiger partial charge in [0, 0.05) is 11.1 Å². The SMILES string of the molecule is CCCC(N)c1nc(C)c2cc(C(F)(F)F)ccc2n1. The van der Waals surface area contributed by atoms with Crippen LogP contribution < -0.4 is 5.73 Å². The van der Waals surface area contributed by atoms with Crippen LogP contribution in [0.1, 0.15) is 42.9 Å². The van der Waals surface area contributed by atoms with E-state index in [2.05, 4.69) is 9.97 Å². The van der Waals surface area contributed by atoms with Gasteiger partial charge in [-0.15, -0.1) is 0 Å². The Bertz CT molecular complexity index is 623. The van der Waals surface area contributed by atoms with Crippen molar-refractivity contribution in [2.75, 3.05) is 0 Å². The quantitative estimate of drug-likeness (QED) is 0.933. The van der Waals surface area contributed by atoms with Crippen LogP contribution in [0.3, 0.4) is 0 Å².